The zero-order valence-electron chi connectivity index (χ0n) is 13.0. The van der Waals surface area contributed by atoms with E-state index in [0.29, 0.717) is 5.41 Å². The van der Waals surface area contributed by atoms with Gasteiger partial charge in [-0.1, -0.05) is 6.92 Å². The molecule has 114 valence electrons. The van der Waals surface area contributed by atoms with Crippen LogP contribution in [0, 0.1) is 11.3 Å². The first-order valence-electron chi connectivity index (χ1n) is 7.65. The van der Waals surface area contributed by atoms with E-state index in [4.69, 9.17) is 0 Å². The zero-order chi connectivity index (χ0) is 13.0. The zero-order valence-corrected chi connectivity index (χ0v) is 13.8. The van der Waals surface area contributed by atoms with E-state index in [0.717, 1.165) is 5.92 Å². The second kappa shape index (κ2) is 7.82. The molecule has 2 aliphatic heterocycles. The Kier molecular flexibility index (Phi) is 7.09. The lowest BCUT2D eigenvalue weighted by Gasteiger charge is -2.37. The SMILES string of the molecule is CN(C)CCC1CCN(CC2(C)CCNC2)CC1.Cl. The normalized spacial score (nSPS) is 29.7. The van der Waals surface area contributed by atoms with Crippen molar-refractivity contribution in [1.29, 1.82) is 0 Å². The smallest absolute Gasteiger partial charge is 0.00480 e. The molecule has 0 aliphatic carbocycles. The van der Waals surface area contributed by atoms with E-state index in [1.165, 1.54) is 65.0 Å². The average Bonchev–Trinajstić information content (AvgIpc) is 2.75. The summed E-state index contributed by atoms with van der Waals surface area (Å²) in [7, 11) is 4.37. The first kappa shape index (κ1) is 17.2. The van der Waals surface area contributed by atoms with Crippen LogP contribution in [0.25, 0.3) is 0 Å². The van der Waals surface area contributed by atoms with Crippen LogP contribution in [0.3, 0.4) is 0 Å². The average molecular weight is 290 g/mol. The lowest BCUT2D eigenvalue weighted by molar-refractivity contribution is 0.122. The molecule has 3 nitrogen and oxygen atoms in total. The monoisotopic (exact) mass is 289 g/mol. The summed E-state index contributed by atoms with van der Waals surface area (Å²) in [5, 5.41) is 3.51. The van der Waals surface area contributed by atoms with Crippen LogP contribution in [0.5, 0.6) is 0 Å². The van der Waals surface area contributed by atoms with Crippen molar-refractivity contribution in [2.24, 2.45) is 11.3 Å². The summed E-state index contributed by atoms with van der Waals surface area (Å²) in [5.74, 6) is 0.971. The predicted octanol–water partition coefficient (Wildman–Crippen LogP) is 2.07. The van der Waals surface area contributed by atoms with Gasteiger partial charge in [-0.2, -0.15) is 0 Å². The van der Waals surface area contributed by atoms with E-state index < -0.39 is 0 Å². The molecule has 0 spiro atoms. The first-order valence-corrected chi connectivity index (χ1v) is 7.65. The number of nitrogens with zero attached hydrogens (tertiary/aromatic N) is 2. The Labute approximate surface area is 125 Å². The standard InChI is InChI=1S/C15H31N3.ClH/c1-15(7-8-16-12-15)13-18-10-5-14(6-11-18)4-9-17(2)3;/h14,16H,4-13H2,1-3H3;1H. The number of halogens is 1. The maximum atomic E-state index is 3.51. The highest BCUT2D eigenvalue weighted by atomic mass is 35.5. The second-order valence-electron chi connectivity index (χ2n) is 7.05. The number of piperidine rings is 1. The third kappa shape index (κ3) is 5.58. The van der Waals surface area contributed by atoms with Crippen molar-refractivity contribution in [2.75, 3.05) is 53.4 Å². The van der Waals surface area contributed by atoms with Crippen LogP contribution in [0.15, 0.2) is 0 Å². The van der Waals surface area contributed by atoms with Crippen LogP contribution in [-0.2, 0) is 0 Å². The molecular weight excluding hydrogens is 258 g/mol. The molecule has 0 radical (unpaired) electrons. The molecule has 0 aromatic heterocycles. The molecule has 1 N–H and O–H groups in total. The van der Waals surface area contributed by atoms with Crippen LogP contribution in [0.4, 0.5) is 0 Å². The predicted molar refractivity (Wildman–Crippen MR) is 85.2 cm³/mol. The molecule has 0 aromatic carbocycles. The van der Waals surface area contributed by atoms with Crippen molar-refractivity contribution in [3.05, 3.63) is 0 Å². The van der Waals surface area contributed by atoms with E-state index in [2.05, 4.69) is 36.1 Å². The van der Waals surface area contributed by atoms with Crippen molar-refractivity contribution in [3.8, 4) is 0 Å². The van der Waals surface area contributed by atoms with Crippen molar-refractivity contribution in [2.45, 2.75) is 32.6 Å². The van der Waals surface area contributed by atoms with Gasteiger partial charge in [-0.15, -0.1) is 12.4 Å². The van der Waals surface area contributed by atoms with Gasteiger partial charge >= 0.3 is 0 Å². The Morgan fingerprint density at radius 2 is 1.95 bits per heavy atom. The quantitative estimate of drug-likeness (QED) is 0.836. The van der Waals surface area contributed by atoms with Crippen molar-refractivity contribution >= 4 is 12.4 Å². The molecule has 1 unspecified atom stereocenters. The van der Waals surface area contributed by atoms with Crippen LogP contribution < -0.4 is 5.32 Å². The lowest BCUT2D eigenvalue weighted by Crippen LogP contribution is -2.42. The van der Waals surface area contributed by atoms with Gasteiger partial charge in [-0.25, -0.2) is 0 Å². The topological polar surface area (TPSA) is 18.5 Å². The molecule has 2 fully saturated rings. The molecular formula is C15H32ClN3. The highest BCUT2D eigenvalue weighted by Crippen LogP contribution is 2.28. The van der Waals surface area contributed by atoms with Gasteiger partial charge in [0.25, 0.3) is 0 Å². The summed E-state index contributed by atoms with van der Waals surface area (Å²) in [4.78, 5) is 5.02. The summed E-state index contributed by atoms with van der Waals surface area (Å²) < 4.78 is 0. The highest BCUT2D eigenvalue weighted by Gasteiger charge is 2.31. The number of rotatable bonds is 5. The van der Waals surface area contributed by atoms with E-state index >= 15 is 0 Å². The largest absolute Gasteiger partial charge is 0.316 e. The maximum Gasteiger partial charge on any atom is 0.00480 e. The Morgan fingerprint density at radius 1 is 1.26 bits per heavy atom. The van der Waals surface area contributed by atoms with Crippen LogP contribution in [0.2, 0.25) is 0 Å². The third-order valence-corrected chi connectivity index (χ3v) is 4.75. The van der Waals surface area contributed by atoms with E-state index in [1.807, 2.05) is 0 Å². The van der Waals surface area contributed by atoms with Gasteiger partial charge in [0, 0.05) is 13.1 Å². The molecule has 2 heterocycles. The number of hydrogen-bond donors (Lipinski definition) is 1. The lowest BCUT2D eigenvalue weighted by atomic mass is 9.87. The molecule has 0 bridgehead atoms. The first-order chi connectivity index (χ1) is 8.57. The fraction of sp³-hybridized carbons (Fsp3) is 1.00. The number of likely N-dealkylation sites (tertiary alicyclic amines) is 1. The fourth-order valence-corrected chi connectivity index (χ4v) is 3.42. The molecule has 2 aliphatic rings. The molecule has 2 rings (SSSR count). The molecule has 19 heavy (non-hydrogen) atoms. The Balaban J connectivity index is 0.00000180. The van der Waals surface area contributed by atoms with Crippen LogP contribution in [-0.4, -0.2) is 63.2 Å². The third-order valence-electron chi connectivity index (χ3n) is 4.75. The van der Waals surface area contributed by atoms with Gasteiger partial charge in [-0.3, -0.25) is 0 Å². The summed E-state index contributed by atoms with van der Waals surface area (Å²) in [6.45, 7) is 10.1. The van der Waals surface area contributed by atoms with E-state index in [-0.39, 0.29) is 12.4 Å². The fourth-order valence-electron chi connectivity index (χ4n) is 3.42. The molecule has 0 saturated carbocycles. The van der Waals surface area contributed by atoms with Crippen molar-refractivity contribution < 1.29 is 0 Å². The molecule has 2 saturated heterocycles. The molecule has 0 aromatic rings. The number of nitrogens with one attached hydrogen (secondary N) is 1. The van der Waals surface area contributed by atoms with Gasteiger partial charge in [0.1, 0.15) is 0 Å². The summed E-state index contributed by atoms with van der Waals surface area (Å²) in [5.41, 5.74) is 0.538. The summed E-state index contributed by atoms with van der Waals surface area (Å²) in [6.07, 6.45) is 5.57. The minimum Gasteiger partial charge on any atom is -0.316 e. The second-order valence-corrected chi connectivity index (χ2v) is 7.05. The minimum absolute atomic E-state index is 0. The van der Waals surface area contributed by atoms with Gasteiger partial charge in [0.15, 0.2) is 0 Å². The van der Waals surface area contributed by atoms with Gasteiger partial charge < -0.3 is 15.1 Å². The minimum atomic E-state index is 0. The maximum absolute atomic E-state index is 3.51. The molecule has 4 heteroatoms. The van der Waals surface area contributed by atoms with Crippen molar-refractivity contribution in [3.63, 3.8) is 0 Å². The molecule has 1 atom stereocenters. The van der Waals surface area contributed by atoms with Gasteiger partial charge in [0.2, 0.25) is 0 Å². The molecule has 0 amide bonds. The van der Waals surface area contributed by atoms with Gasteiger partial charge in [-0.05, 0) is 77.3 Å². The van der Waals surface area contributed by atoms with Gasteiger partial charge in [0.05, 0.1) is 0 Å². The Morgan fingerprint density at radius 3 is 2.47 bits per heavy atom. The summed E-state index contributed by atoms with van der Waals surface area (Å²) in [6, 6.07) is 0. The van der Waals surface area contributed by atoms with E-state index in [9.17, 15) is 0 Å². The van der Waals surface area contributed by atoms with Crippen LogP contribution in [0.1, 0.15) is 32.6 Å². The number of hydrogen-bond acceptors (Lipinski definition) is 3. The van der Waals surface area contributed by atoms with Crippen molar-refractivity contribution in [1.82, 2.24) is 15.1 Å². The van der Waals surface area contributed by atoms with Crippen LogP contribution >= 0.6 is 12.4 Å². The Hall–Kier alpha value is 0.170. The van der Waals surface area contributed by atoms with E-state index in [1.54, 1.807) is 0 Å². The Bertz CT molecular complexity index is 244. The summed E-state index contributed by atoms with van der Waals surface area (Å²) >= 11 is 0. The highest BCUT2D eigenvalue weighted by molar-refractivity contribution is 5.85.